The first-order valence-electron chi connectivity index (χ1n) is 9.62. The number of rotatable bonds is 8. The third-order valence-corrected chi connectivity index (χ3v) is 4.59. The Morgan fingerprint density at radius 3 is 2.71 bits per heavy atom. The number of hydrogen-bond acceptors (Lipinski definition) is 5. The van der Waals surface area contributed by atoms with Crippen LogP contribution in [0.5, 0.6) is 0 Å². The molecule has 1 heterocycles. The minimum atomic E-state index is -0.103. The third-order valence-electron chi connectivity index (χ3n) is 4.59. The second-order valence-electron chi connectivity index (χ2n) is 6.55. The van der Waals surface area contributed by atoms with Crippen molar-refractivity contribution in [2.24, 2.45) is 10.9 Å². The standard InChI is InChI=1S/C20H32N4O3.HI/c1-4-27-19(25)17-6-5-12-24(15-17)20(21-2)23-14-16-7-9-18(10-8-16)22-11-13-26-3;/h7-10,17,22H,4-6,11-15H2,1-3H3,(H,21,23);1H. The summed E-state index contributed by atoms with van der Waals surface area (Å²) in [5.41, 5.74) is 2.25. The van der Waals surface area contributed by atoms with Gasteiger partial charge in [0.05, 0.1) is 19.1 Å². The van der Waals surface area contributed by atoms with E-state index in [1.54, 1.807) is 14.2 Å². The first-order valence-corrected chi connectivity index (χ1v) is 9.62. The fraction of sp³-hybridized carbons (Fsp3) is 0.600. The molecule has 1 unspecified atom stereocenters. The van der Waals surface area contributed by atoms with Gasteiger partial charge >= 0.3 is 5.97 Å². The Morgan fingerprint density at radius 1 is 1.32 bits per heavy atom. The lowest BCUT2D eigenvalue weighted by Gasteiger charge is -2.34. The summed E-state index contributed by atoms with van der Waals surface area (Å²) in [5.74, 6) is 0.648. The molecule has 1 atom stereocenters. The third kappa shape index (κ3) is 7.83. The Bertz CT molecular complexity index is 610. The van der Waals surface area contributed by atoms with Crippen LogP contribution >= 0.6 is 24.0 Å². The highest BCUT2D eigenvalue weighted by Gasteiger charge is 2.28. The lowest BCUT2D eigenvalue weighted by molar-refractivity contribution is -0.149. The first kappa shape index (κ1) is 24.5. The minimum Gasteiger partial charge on any atom is -0.466 e. The first-order chi connectivity index (χ1) is 13.2. The monoisotopic (exact) mass is 504 g/mol. The van der Waals surface area contributed by atoms with Gasteiger partial charge in [-0.1, -0.05) is 12.1 Å². The summed E-state index contributed by atoms with van der Waals surface area (Å²) in [6.45, 7) is 5.99. The molecule has 1 fully saturated rings. The fourth-order valence-corrected chi connectivity index (χ4v) is 3.17. The van der Waals surface area contributed by atoms with Gasteiger partial charge in [0.1, 0.15) is 0 Å². The van der Waals surface area contributed by atoms with E-state index in [1.807, 2.05) is 6.92 Å². The number of anilines is 1. The largest absolute Gasteiger partial charge is 0.466 e. The van der Waals surface area contributed by atoms with E-state index in [0.717, 1.165) is 37.6 Å². The van der Waals surface area contributed by atoms with Crippen LogP contribution in [0.4, 0.5) is 5.69 Å². The van der Waals surface area contributed by atoms with Crippen LogP contribution in [-0.2, 0) is 20.8 Å². The average Bonchev–Trinajstić information content (AvgIpc) is 2.70. The van der Waals surface area contributed by atoms with Crippen molar-refractivity contribution in [2.75, 3.05) is 52.3 Å². The summed E-state index contributed by atoms with van der Waals surface area (Å²) < 4.78 is 10.2. The molecule has 0 amide bonds. The van der Waals surface area contributed by atoms with E-state index in [-0.39, 0.29) is 35.9 Å². The van der Waals surface area contributed by atoms with Gasteiger partial charge in [0.15, 0.2) is 5.96 Å². The maximum Gasteiger partial charge on any atom is 0.310 e. The second-order valence-corrected chi connectivity index (χ2v) is 6.55. The van der Waals surface area contributed by atoms with Crippen molar-refractivity contribution < 1.29 is 14.3 Å². The van der Waals surface area contributed by atoms with Gasteiger partial charge < -0.3 is 25.0 Å². The molecule has 0 aromatic heterocycles. The van der Waals surface area contributed by atoms with E-state index in [0.29, 0.717) is 26.3 Å². The summed E-state index contributed by atoms with van der Waals surface area (Å²) in [6.07, 6.45) is 1.84. The van der Waals surface area contributed by atoms with Gasteiger partial charge in [0.2, 0.25) is 0 Å². The molecule has 8 heteroatoms. The number of carbonyl (C=O) groups is 1. The quantitative estimate of drug-likeness (QED) is 0.187. The molecule has 0 saturated carbocycles. The number of aliphatic imine (C=N–C) groups is 1. The van der Waals surface area contributed by atoms with Crippen molar-refractivity contribution in [3.05, 3.63) is 29.8 Å². The molecule has 1 aliphatic heterocycles. The topological polar surface area (TPSA) is 75.2 Å². The Morgan fingerprint density at radius 2 is 2.07 bits per heavy atom. The van der Waals surface area contributed by atoms with Crippen LogP contribution in [0, 0.1) is 5.92 Å². The molecule has 0 spiro atoms. The van der Waals surface area contributed by atoms with E-state index in [1.165, 1.54) is 5.56 Å². The Labute approximate surface area is 185 Å². The highest BCUT2D eigenvalue weighted by atomic mass is 127. The number of hydrogen-bond donors (Lipinski definition) is 2. The second kappa shape index (κ2) is 13.6. The van der Waals surface area contributed by atoms with E-state index in [4.69, 9.17) is 9.47 Å². The maximum absolute atomic E-state index is 12.0. The number of halogens is 1. The van der Waals surface area contributed by atoms with Crippen molar-refractivity contribution >= 4 is 41.6 Å². The van der Waals surface area contributed by atoms with Gasteiger partial charge in [-0.3, -0.25) is 9.79 Å². The van der Waals surface area contributed by atoms with Crippen LogP contribution in [0.25, 0.3) is 0 Å². The number of nitrogens with one attached hydrogen (secondary N) is 2. The number of guanidine groups is 1. The summed E-state index contributed by atoms with van der Waals surface area (Å²) in [7, 11) is 3.47. The van der Waals surface area contributed by atoms with Crippen LogP contribution in [-0.4, -0.2) is 63.8 Å². The molecule has 1 saturated heterocycles. The van der Waals surface area contributed by atoms with E-state index < -0.39 is 0 Å². The maximum atomic E-state index is 12.0. The van der Waals surface area contributed by atoms with Crippen molar-refractivity contribution in [2.45, 2.75) is 26.3 Å². The van der Waals surface area contributed by atoms with E-state index in [9.17, 15) is 4.79 Å². The predicted molar refractivity (Wildman–Crippen MR) is 123 cm³/mol. The highest BCUT2D eigenvalue weighted by Crippen LogP contribution is 2.18. The van der Waals surface area contributed by atoms with E-state index >= 15 is 0 Å². The molecular formula is C20H33IN4O3. The fourth-order valence-electron chi connectivity index (χ4n) is 3.17. The normalized spacial score (nSPS) is 16.9. The zero-order valence-electron chi connectivity index (χ0n) is 17.1. The van der Waals surface area contributed by atoms with Crippen molar-refractivity contribution in [1.82, 2.24) is 10.2 Å². The molecule has 0 aliphatic carbocycles. The minimum absolute atomic E-state index is 0. The van der Waals surface area contributed by atoms with E-state index in [2.05, 4.69) is 44.8 Å². The van der Waals surface area contributed by atoms with Gasteiger partial charge in [-0.25, -0.2) is 0 Å². The van der Waals surface area contributed by atoms with Gasteiger partial charge in [0.25, 0.3) is 0 Å². The Balaban J connectivity index is 0.00000392. The molecule has 7 nitrogen and oxygen atoms in total. The lowest BCUT2D eigenvalue weighted by Crippen LogP contribution is -2.48. The molecule has 1 aromatic rings. The molecule has 1 aliphatic rings. The Hall–Kier alpha value is -1.55. The molecule has 28 heavy (non-hydrogen) atoms. The number of methoxy groups -OCH3 is 1. The number of ether oxygens (including phenoxy) is 2. The predicted octanol–water partition coefficient (Wildman–Crippen LogP) is 2.71. The number of nitrogens with zero attached hydrogens (tertiary/aromatic N) is 2. The van der Waals surface area contributed by atoms with Gasteiger partial charge in [-0.05, 0) is 37.5 Å². The van der Waals surface area contributed by atoms with Gasteiger partial charge in [-0.2, -0.15) is 0 Å². The van der Waals surface area contributed by atoms with Crippen molar-refractivity contribution in [1.29, 1.82) is 0 Å². The molecule has 2 rings (SSSR count). The van der Waals surface area contributed by atoms with Gasteiger partial charge in [0, 0.05) is 46.0 Å². The van der Waals surface area contributed by atoms with Gasteiger partial charge in [-0.15, -0.1) is 24.0 Å². The van der Waals surface area contributed by atoms with Crippen molar-refractivity contribution in [3.63, 3.8) is 0 Å². The number of piperidine rings is 1. The molecule has 2 N–H and O–H groups in total. The summed E-state index contributed by atoms with van der Waals surface area (Å²) in [5, 5.41) is 6.71. The molecule has 0 radical (unpaired) electrons. The molecule has 158 valence electrons. The van der Waals surface area contributed by atoms with Crippen LogP contribution in [0.3, 0.4) is 0 Å². The summed E-state index contributed by atoms with van der Waals surface area (Å²) >= 11 is 0. The number of carbonyl (C=O) groups excluding carboxylic acids is 1. The summed E-state index contributed by atoms with van der Waals surface area (Å²) in [4.78, 5) is 18.6. The lowest BCUT2D eigenvalue weighted by atomic mass is 9.98. The smallest absolute Gasteiger partial charge is 0.310 e. The molecular weight excluding hydrogens is 471 g/mol. The number of esters is 1. The highest BCUT2D eigenvalue weighted by molar-refractivity contribution is 14.0. The van der Waals surface area contributed by atoms with Crippen LogP contribution < -0.4 is 10.6 Å². The van der Waals surface area contributed by atoms with Crippen molar-refractivity contribution in [3.8, 4) is 0 Å². The average molecular weight is 504 g/mol. The Kier molecular flexibility index (Phi) is 11.9. The molecule has 0 bridgehead atoms. The number of benzene rings is 1. The summed E-state index contributed by atoms with van der Waals surface area (Å²) in [6, 6.07) is 8.31. The zero-order chi connectivity index (χ0) is 19.5. The SMILES string of the molecule is CCOC(=O)C1CCCN(C(=NC)NCc2ccc(NCCOC)cc2)C1.I. The van der Waals surface area contributed by atoms with Crippen LogP contribution in [0.2, 0.25) is 0 Å². The number of likely N-dealkylation sites (tertiary alicyclic amines) is 1. The van der Waals surface area contributed by atoms with Crippen LogP contribution in [0.1, 0.15) is 25.3 Å². The van der Waals surface area contributed by atoms with Crippen LogP contribution in [0.15, 0.2) is 29.3 Å². The molecule has 1 aromatic carbocycles. The zero-order valence-corrected chi connectivity index (χ0v) is 19.4.